The molecule has 2 aliphatic heterocycles. The van der Waals surface area contributed by atoms with Gasteiger partial charge in [0.15, 0.2) is 5.06 Å². The molecule has 1 amide bonds. The number of rotatable bonds is 7. The fraction of sp³-hybridized carbons (Fsp3) is 0.792. The van der Waals surface area contributed by atoms with Gasteiger partial charge in [0.1, 0.15) is 0 Å². The maximum absolute atomic E-state index is 12.8. The lowest BCUT2D eigenvalue weighted by Crippen LogP contribution is -2.36. The second-order valence-corrected chi connectivity index (χ2v) is 10.6. The summed E-state index contributed by atoms with van der Waals surface area (Å²) in [6, 6.07) is 2.20. The van der Waals surface area contributed by atoms with Crippen LogP contribution in [0.25, 0.3) is 0 Å². The van der Waals surface area contributed by atoms with Crippen molar-refractivity contribution >= 4 is 17.2 Å². The van der Waals surface area contributed by atoms with Gasteiger partial charge in [0.2, 0.25) is 5.91 Å². The summed E-state index contributed by atoms with van der Waals surface area (Å²) in [4.78, 5) is 18.9. The van der Waals surface area contributed by atoms with Crippen LogP contribution in [0.5, 0.6) is 5.06 Å². The first-order chi connectivity index (χ1) is 14.2. The molecular formula is C24H38N2O2S. The molecule has 4 rings (SSSR count). The van der Waals surface area contributed by atoms with Crippen molar-refractivity contribution in [1.82, 2.24) is 9.80 Å². The summed E-state index contributed by atoms with van der Waals surface area (Å²) in [5.74, 6) is 1.83. The van der Waals surface area contributed by atoms with Gasteiger partial charge in [-0.15, -0.1) is 11.3 Å². The molecular weight excluding hydrogens is 380 g/mol. The largest absolute Gasteiger partial charge is 0.484 e. The van der Waals surface area contributed by atoms with Gasteiger partial charge in [-0.05, 0) is 75.1 Å². The molecule has 0 aromatic carbocycles. The summed E-state index contributed by atoms with van der Waals surface area (Å²) < 4.78 is 6.07. The van der Waals surface area contributed by atoms with Crippen LogP contribution in [0, 0.1) is 11.8 Å². The quantitative estimate of drug-likeness (QED) is 0.577. The number of nitrogens with zero attached hydrogens (tertiary/aromatic N) is 2. The minimum absolute atomic E-state index is 0.366. The van der Waals surface area contributed by atoms with Crippen molar-refractivity contribution in [3.63, 3.8) is 0 Å². The Morgan fingerprint density at radius 1 is 1.14 bits per heavy atom. The number of hydrogen-bond donors (Lipinski definition) is 0. The summed E-state index contributed by atoms with van der Waals surface area (Å²) in [5, 5.41) is 1.05. The molecule has 1 aliphatic carbocycles. The van der Waals surface area contributed by atoms with E-state index in [-0.39, 0.29) is 0 Å². The third-order valence-corrected chi connectivity index (χ3v) is 8.26. The van der Waals surface area contributed by atoms with Crippen LogP contribution < -0.4 is 4.74 Å². The number of amides is 1. The lowest BCUT2D eigenvalue weighted by molar-refractivity contribution is -0.133. The predicted molar refractivity (Wildman–Crippen MR) is 120 cm³/mol. The predicted octanol–water partition coefficient (Wildman–Crippen LogP) is 5.10. The zero-order valence-corrected chi connectivity index (χ0v) is 19.0. The van der Waals surface area contributed by atoms with Gasteiger partial charge in [-0.25, -0.2) is 0 Å². The fourth-order valence-electron chi connectivity index (χ4n) is 5.14. The maximum atomic E-state index is 12.8. The Morgan fingerprint density at radius 2 is 1.93 bits per heavy atom. The van der Waals surface area contributed by atoms with Crippen molar-refractivity contribution in [2.45, 2.75) is 77.7 Å². The van der Waals surface area contributed by atoms with Gasteiger partial charge >= 0.3 is 0 Å². The van der Waals surface area contributed by atoms with Gasteiger partial charge in [-0.3, -0.25) is 4.79 Å². The smallest absolute Gasteiger partial charge is 0.223 e. The molecule has 29 heavy (non-hydrogen) atoms. The van der Waals surface area contributed by atoms with Crippen LogP contribution in [-0.4, -0.2) is 48.5 Å². The molecule has 2 fully saturated rings. The van der Waals surface area contributed by atoms with E-state index < -0.39 is 0 Å². The highest BCUT2D eigenvalue weighted by molar-refractivity contribution is 7.14. The number of piperidine rings is 1. The third kappa shape index (κ3) is 5.97. The van der Waals surface area contributed by atoms with Crippen LogP contribution >= 0.6 is 11.3 Å². The molecule has 3 heterocycles. The zero-order chi connectivity index (χ0) is 20.1. The average molecular weight is 419 g/mol. The minimum Gasteiger partial charge on any atom is -0.484 e. The summed E-state index contributed by atoms with van der Waals surface area (Å²) in [7, 11) is 0. The van der Waals surface area contributed by atoms with Gasteiger partial charge in [-0.2, -0.15) is 0 Å². The highest BCUT2D eigenvalue weighted by atomic mass is 32.1. The van der Waals surface area contributed by atoms with Crippen molar-refractivity contribution < 1.29 is 9.53 Å². The number of thiophene rings is 1. The van der Waals surface area contributed by atoms with E-state index in [0.29, 0.717) is 11.8 Å². The highest BCUT2D eigenvalue weighted by Gasteiger charge is 2.27. The molecule has 0 radical (unpaired) electrons. The van der Waals surface area contributed by atoms with Crippen LogP contribution in [0.4, 0.5) is 0 Å². The van der Waals surface area contributed by atoms with Gasteiger partial charge in [0.25, 0.3) is 0 Å². The van der Waals surface area contributed by atoms with E-state index in [2.05, 4.69) is 22.8 Å². The van der Waals surface area contributed by atoms with Crippen LogP contribution in [0.15, 0.2) is 6.07 Å². The Morgan fingerprint density at radius 3 is 2.72 bits per heavy atom. The molecule has 1 saturated carbocycles. The molecule has 0 atom stereocenters. The summed E-state index contributed by atoms with van der Waals surface area (Å²) in [5.41, 5.74) is 1.32. The molecule has 0 spiro atoms. The average Bonchev–Trinajstić information content (AvgIpc) is 3.15. The first-order valence-electron chi connectivity index (χ1n) is 11.9. The van der Waals surface area contributed by atoms with E-state index >= 15 is 0 Å². The number of carbonyl (C=O) groups is 1. The zero-order valence-electron chi connectivity index (χ0n) is 18.2. The topological polar surface area (TPSA) is 32.8 Å². The first-order valence-corrected chi connectivity index (χ1v) is 12.7. The molecule has 1 aromatic heterocycles. The van der Waals surface area contributed by atoms with Gasteiger partial charge in [-0.1, -0.05) is 26.2 Å². The summed E-state index contributed by atoms with van der Waals surface area (Å²) in [6.07, 6.45) is 12.0. The third-order valence-electron chi connectivity index (χ3n) is 7.11. The monoisotopic (exact) mass is 418 g/mol. The van der Waals surface area contributed by atoms with Crippen LogP contribution in [0.2, 0.25) is 0 Å². The molecule has 1 aromatic rings. The molecule has 162 valence electrons. The van der Waals surface area contributed by atoms with E-state index in [9.17, 15) is 4.79 Å². The Hall–Kier alpha value is -1.07. The fourth-order valence-corrected chi connectivity index (χ4v) is 6.18. The number of carbonyl (C=O) groups excluding carboxylic acids is 1. The summed E-state index contributed by atoms with van der Waals surface area (Å²) in [6.45, 7) is 8.49. The van der Waals surface area contributed by atoms with Crippen molar-refractivity contribution in [2.75, 3.05) is 32.8 Å². The second kappa shape index (κ2) is 10.3. The Labute approximate surface area is 180 Å². The first kappa shape index (κ1) is 21.2. The lowest BCUT2D eigenvalue weighted by atomic mass is 9.81. The molecule has 5 heteroatoms. The van der Waals surface area contributed by atoms with Crippen LogP contribution in [0.1, 0.15) is 75.2 Å². The van der Waals surface area contributed by atoms with E-state index in [1.54, 1.807) is 11.3 Å². The van der Waals surface area contributed by atoms with Crippen molar-refractivity contribution in [1.29, 1.82) is 0 Å². The van der Waals surface area contributed by atoms with Crippen LogP contribution in [-0.2, 0) is 17.8 Å². The Bertz CT molecular complexity index is 660. The molecule has 3 aliphatic rings. The molecule has 0 bridgehead atoms. The summed E-state index contributed by atoms with van der Waals surface area (Å²) >= 11 is 1.80. The second-order valence-electron chi connectivity index (χ2n) is 9.51. The van der Waals surface area contributed by atoms with E-state index in [4.69, 9.17) is 4.74 Å². The van der Waals surface area contributed by atoms with Gasteiger partial charge < -0.3 is 14.5 Å². The number of ether oxygens (including phenoxy) is 1. The molecule has 1 saturated heterocycles. The van der Waals surface area contributed by atoms with Gasteiger partial charge in [0.05, 0.1) is 6.61 Å². The van der Waals surface area contributed by atoms with E-state index in [1.165, 1.54) is 68.5 Å². The number of fused-ring (bicyclic) bond motifs is 1. The highest BCUT2D eigenvalue weighted by Crippen LogP contribution is 2.35. The number of likely N-dealkylation sites (tertiary alicyclic amines) is 1. The van der Waals surface area contributed by atoms with Crippen molar-refractivity contribution in [2.24, 2.45) is 11.8 Å². The number of hydrogen-bond acceptors (Lipinski definition) is 4. The van der Waals surface area contributed by atoms with Crippen molar-refractivity contribution in [3.8, 4) is 5.06 Å². The SMILES string of the molecule is CC1CCC(CC(=O)N2CCc3sc(OCCCN4CCCCC4)cc3C2)CC1. The molecule has 0 N–H and O–H groups in total. The molecule has 4 nitrogen and oxygen atoms in total. The van der Waals surface area contributed by atoms with E-state index in [1.807, 2.05) is 0 Å². The lowest BCUT2D eigenvalue weighted by Gasteiger charge is -2.30. The normalized spacial score (nSPS) is 25.6. The molecule has 0 unspecified atom stereocenters. The van der Waals surface area contributed by atoms with Crippen LogP contribution in [0.3, 0.4) is 0 Å². The Kier molecular flexibility index (Phi) is 7.52. The minimum atomic E-state index is 0.366. The van der Waals surface area contributed by atoms with E-state index in [0.717, 1.165) is 56.5 Å². The maximum Gasteiger partial charge on any atom is 0.223 e. The van der Waals surface area contributed by atoms with Crippen molar-refractivity contribution in [3.05, 3.63) is 16.5 Å². The Balaban J connectivity index is 1.20. The van der Waals surface area contributed by atoms with Gasteiger partial charge in [0, 0.05) is 30.9 Å². The standard InChI is InChI=1S/C24H38N2O2S/c1-19-6-8-20(9-7-19)16-23(27)26-14-10-22-21(18-26)17-24(29-22)28-15-5-13-25-11-3-2-4-12-25/h17,19-20H,2-16,18H2,1H3.